The molecule has 0 bridgehead atoms. The van der Waals surface area contributed by atoms with E-state index in [1.807, 2.05) is 25.1 Å². The molecule has 0 aromatic heterocycles. The number of benzene rings is 1. The third kappa shape index (κ3) is 4.34. The van der Waals surface area contributed by atoms with Crippen LogP contribution < -0.4 is 10.6 Å². The molecule has 0 heterocycles. The van der Waals surface area contributed by atoms with E-state index in [9.17, 15) is 9.59 Å². The van der Waals surface area contributed by atoms with Crippen molar-refractivity contribution < 1.29 is 9.59 Å². The summed E-state index contributed by atoms with van der Waals surface area (Å²) in [6, 6.07) is 5.01. The lowest BCUT2D eigenvalue weighted by molar-refractivity contribution is -0.124. The van der Waals surface area contributed by atoms with Gasteiger partial charge in [-0.1, -0.05) is 6.07 Å². The van der Waals surface area contributed by atoms with Crippen LogP contribution in [0.1, 0.15) is 12.5 Å². The van der Waals surface area contributed by atoms with E-state index in [2.05, 4.69) is 39.2 Å². The van der Waals surface area contributed by atoms with Crippen LogP contribution in [0.5, 0.6) is 0 Å². The Balaban J connectivity index is 2.79. The Morgan fingerprint density at radius 1 is 1.44 bits per heavy atom. The zero-order chi connectivity index (χ0) is 13.7. The normalized spacial score (nSPS) is 11.8. The minimum atomic E-state index is -0.641. The van der Waals surface area contributed by atoms with Gasteiger partial charge in [0, 0.05) is 17.1 Å². The van der Waals surface area contributed by atoms with E-state index < -0.39 is 6.04 Å². The molecule has 0 saturated carbocycles. The number of amides is 2. The highest BCUT2D eigenvalue weighted by molar-refractivity contribution is 9.10. The highest BCUT2D eigenvalue weighted by atomic mass is 79.9. The molecule has 1 aromatic carbocycles. The number of anilines is 1. The van der Waals surface area contributed by atoms with Gasteiger partial charge in [-0.2, -0.15) is 12.6 Å². The first-order valence-corrected chi connectivity index (χ1v) is 6.81. The van der Waals surface area contributed by atoms with Crippen LogP contribution in [0.25, 0.3) is 0 Å². The Morgan fingerprint density at radius 3 is 2.67 bits per heavy atom. The fraction of sp³-hybridized carbons (Fsp3) is 0.333. The first-order valence-electron chi connectivity index (χ1n) is 5.39. The molecular weight excluding hydrogens is 316 g/mol. The lowest BCUT2D eigenvalue weighted by Crippen LogP contribution is -2.44. The van der Waals surface area contributed by atoms with Crippen molar-refractivity contribution in [2.45, 2.75) is 19.9 Å². The molecule has 1 unspecified atom stereocenters. The number of rotatable bonds is 4. The molecule has 0 aliphatic heterocycles. The average Bonchev–Trinajstić information content (AvgIpc) is 2.30. The van der Waals surface area contributed by atoms with Crippen LogP contribution in [0, 0.1) is 6.92 Å². The standard InChI is InChI=1S/C12H15BrN2O2S/c1-7-3-4-9(13)10(5-7)15-12(17)11(6-18)14-8(2)16/h3-5,11,18H,6H2,1-2H3,(H,14,16)(H,15,17). The zero-order valence-corrected chi connectivity index (χ0v) is 12.6. The topological polar surface area (TPSA) is 58.2 Å². The fourth-order valence-electron chi connectivity index (χ4n) is 1.39. The van der Waals surface area contributed by atoms with Gasteiger partial charge in [-0.15, -0.1) is 0 Å². The van der Waals surface area contributed by atoms with E-state index in [0.29, 0.717) is 5.69 Å². The molecule has 1 aromatic rings. The van der Waals surface area contributed by atoms with Gasteiger partial charge in [0.25, 0.3) is 0 Å². The third-order valence-electron chi connectivity index (χ3n) is 2.26. The van der Waals surface area contributed by atoms with Crippen molar-refractivity contribution in [3.63, 3.8) is 0 Å². The van der Waals surface area contributed by atoms with Crippen molar-refractivity contribution in [3.8, 4) is 0 Å². The molecule has 18 heavy (non-hydrogen) atoms. The number of hydrogen-bond donors (Lipinski definition) is 3. The van der Waals surface area contributed by atoms with Crippen molar-refractivity contribution in [1.82, 2.24) is 5.32 Å². The van der Waals surface area contributed by atoms with E-state index in [1.54, 1.807) is 0 Å². The van der Waals surface area contributed by atoms with Gasteiger partial charge >= 0.3 is 0 Å². The van der Waals surface area contributed by atoms with Crippen LogP contribution in [0.3, 0.4) is 0 Å². The second-order valence-corrected chi connectivity index (χ2v) is 5.13. The van der Waals surface area contributed by atoms with Gasteiger partial charge < -0.3 is 10.6 Å². The fourth-order valence-corrected chi connectivity index (χ4v) is 2.00. The van der Waals surface area contributed by atoms with Gasteiger partial charge in [-0.05, 0) is 40.5 Å². The van der Waals surface area contributed by atoms with Crippen LogP contribution in [0.2, 0.25) is 0 Å². The number of halogens is 1. The second-order valence-electron chi connectivity index (χ2n) is 3.91. The molecule has 0 aliphatic rings. The molecule has 0 fully saturated rings. The Bertz CT molecular complexity index is 465. The van der Waals surface area contributed by atoms with Gasteiger partial charge in [0.1, 0.15) is 6.04 Å². The molecule has 1 atom stereocenters. The van der Waals surface area contributed by atoms with Crippen LogP contribution in [-0.2, 0) is 9.59 Å². The maximum absolute atomic E-state index is 11.9. The predicted molar refractivity (Wildman–Crippen MR) is 79.0 cm³/mol. The largest absolute Gasteiger partial charge is 0.344 e. The predicted octanol–water partition coefficient (Wildman–Crippen LogP) is 2.13. The van der Waals surface area contributed by atoms with E-state index >= 15 is 0 Å². The van der Waals surface area contributed by atoms with E-state index in [-0.39, 0.29) is 17.6 Å². The summed E-state index contributed by atoms with van der Waals surface area (Å²) in [5.74, 6) is -0.298. The molecule has 4 nitrogen and oxygen atoms in total. The lowest BCUT2D eigenvalue weighted by atomic mass is 10.2. The van der Waals surface area contributed by atoms with Gasteiger partial charge in [-0.3, -0.25) is 9.59 Å². The number of hydrogen-bond acceptors (Lipinski definition) is 3. The molecule has 0 radical (unpaired) electrons. The number of carbonyl (C=O) groups is 2. The monoisotopic (exact) mass is 330 g/mol. The maximum Gasteiger partial charge on any atom is 0.247 e. The van der Waals surface area contributed by atoms with Gasteiger partial charge in [0.2, 0.25) is 11.8 Å². The van der Waals surface area contributed by atoms with Crippen molar-refractivity contribution in [3.05, 3.63) is 28.2 Å². The summed E-state index contributed by atoms with van der Waals surface area (Å²) in [6.45, 7) is 3.30. The van der Waals surface area contributed by atoms with Gasteiger partial charge in [-0.25, -0.2) is 0 Å². The first kappa shape index (κ1) is 15.0. The second kappa shape index (κ2) is 6.80. The molecule has 1 rings (SSSR count). The molecule has 6 heteroatoms. The van der Waals surface area contributed by atoms with Crippen molar-refractivity contribution >= 4 is 46.1 Å². The van der Waals surface area contributed by atoms with Gasteiger partial charge in [0.15, 0.2) is 0 Å². The van der Waals surface area contributed by atoms with Crippen molar-refractivity contribution in [2.75, 3.05) is 11.1 Å². The van der Waals surface area contributed by atoms with Gasteiger partial charge in [0.05, 0.1) is 5.69 Å². The summed E-state index contributed by atoms with van der Waals surface area (Å²) in [7, 11) is 0. The molecule has 0 aliphatic carbocycles. The molecule has 98 valence electrons. The number of carbonyl (C=O) groups excluding carboxylic acids is 2. The zero-order valence-electron chi connectivity index (χ0n) is 10.2. The third-order valence-corrected chi connectivity index (χ3v) is 3.31. The number of nitrogens with one attached hydrogen (secondary N) is 2. The molecule has 0 saturated heterocycles. The quantitative estimate of drug-likeness (QED) is 0.741. The smallest absolute Gasteiger partial charge is 0.247 e. The molecular formula is C12H15BrN2O2S. The Morgan fingerprint density at radius 2 is 2.11 bits per heavy atom. The highest BCUT2D eigenvalue weighted by Crippen LogP contribution is 2.23. The minimum absolute atomic E-state index is 0.245. The molecule has 2 amide bonds. The highest BCUT2D eigenvalue weighted by Gasteiger charge is 2.18. The summed E-state index contributed by atoms with van der Waals surface area (Å²) >= 11 is 7.41. The van der Waals surface area contributed by atoms with Crippen molar-refractivity contribution in [1.29, 1.82) is 0 Å². The van der Waals surface area contributed by atoms with Crippen LogP contribution >= 0.6 is 28.6 Å². The summed E-state index contributed by atoms with van der Waals surface area (Å²) in [6.07, 6.45) is 0. The summed E-state index contributed by atoms with van der Waals surface area (Å²) in [5.41, 5.74) is 1.72. The summed E-state index contributed by atoms with van der Waals surface area (Å²) in [4.78, 5) is 22.9. The number of aryl methyl sites for hydroxylation is 1. The minimum Gasteiger partial charge on any atom is -0.344 e. The lowest BCUT2D eigenvalue weighted by Gasteiger charge is -2.16. The Labute approximate surface area is 120 Å². The maximum atomic E-state index is 11.9. The van der Waals surface area contributed by atoms with E-state index in [4.69, 9.17) is 0 Å². The van der Waals surface area contributed by atoms with Crippen LogP contribution in [0.15, 0.2) is 22.7 Å². The molecule has 2 N–H and O–H groups in total. The number of thiol groups is 1. The van der Waals surface area contributed by atoms with Crippen LogP contribution in [-0.4, -0.2) is 23.6 Å². The van der Waals surface area contributed by atoms with Crippen molar-refractivity contribution in [2.24, 2.45) is 0 Å². The van der Waals surface area contributed by atoms with E-state index in [0.717, 1.165) is 10.0 Å². The van der Waals surface area contributed by atoms with Crippen LogP contribution in [0.4, 0.5) is 5.69 Å². The van der Waals surface area contributed by atoms with E-state index in [1.165, 1.54) is 6.92 Å². The average molecular weight is 331 g/mol. The Kier molecular flexibility index (Phi) is 5.68. The summed E-state index contributed by atoms with van der Waals surface area (Å²) < 4.78 is 0.794. The molecule has 0 spiro atoms. The first-order chi connectivity index (χ1) is 8.43. The summed E-state index contributed by atoms with van der Waals surface area (Å²) in [5, 5.41) is 5.30. The Hall–Kier alpha value is -1.01. The SMILES string of the molecule is CC(=O)NC(CS)C(=O)Nc1cc(C)ccc1Br.